The predicted molar refractivity (Wildman–Crippen MR) is 90.3 cm³/mol. The van der Waals surface area contributed by atoms with Gasteiger partial charge in [-0.05, 0) is 25.8 Å². The molecule has 2 fully saturated rings. The van der Waals surface area contributed by atoms with E-state index in [1.54, 1.807) is 0 Å². The summed E-state index contributed by atoms with van der Waals surface area (Å²) < 4.78 is 5.46. The first kappa shape index (κ1) is 15.2. The Labute approximate surface area is 140 Å². The molecule has 6 nitrogen and oxygen atoms in total. The van der Waals surface area contributed by atoms with Gasteiger partial charge in [-0.2, -0.15) is 0 Å². The molecule has 2 aromatic rings. The fraction of sp³-hybridized carbons (Fsp3) is 0.444. The lowest BCUT2D eigenvalue weighted by molar-refractivity contribution is 0.0697. The van der Waals surface area contributed by atoms with Crippen molar-refractivity contribution in [1.29, 1.82) is 0 Å². The second kappa shape index (κ2) is 6.28. The Hall–Kier alpha value is -2.34. The molecule has 1 aromatic heterocycles. The van der Waals surface area contributed by atoms with Gasteiger partial charge in [-0.3, -0.25) is 4.90 Å². The summed E-state index contributed by atoms with van der Waals surface area (Å²) in [6, 6.07) is 9.81. The zero-order valence-electron chi connectivity index (χ0n) is 13.5. The van der Waals surface area contributed by atoms with Crippen LogP contribution < -0.4 is 4.90 Å². The number of hydrogen-bond acceptors (Lipinski definition) is 5. The minimum Gasteiger partial charge on any atom is -0.477 e. The molecule has 2 saturated heterocycles. The second-order valence-corrected chi connectivity index (χ2v) is 6.51. The van der Waals surface area contributed by atoms with Gasteiger partial charge < -0.3 is 14.5 Å². The maximum atomic E-state index is 11.9. The average molecular weight is 327 g/mol. The Bertz CT molecular complexity index is 728. The number of fused-ring (bicyclic) bond motifs is 1. The molecule has 24 heavy (non-hydrogen) atoms. The summed E-state index contributed by atoms with van der Waals surface area (Å²) in [6.07, 6.45) is 3.41. The van der Waals surface area contributed by atoms with Gasteiger partial charge in [-0.25, -0.2) is 4.79 Å². The number of anilines is 1. The van der Waals surface area contributed by atoms with E-state index >= 15 is 0 Å². The molecule has 1 atom stereocenters. The predicted octanol–water partition coefficient (Wildman–Crippen LogP) is 2.71. The summed E-state index contributed by atoms with van der Waals surface area (Å²) in [4.78, 5) is 16.5. The van der Waals surface area contributed by atoms with Gasteiger partial charge in [-0.1, -0.05) is 35.5 Å². The van der Waals surface area contributed by atoms with Gasteiger partial charge in [0.25, 0.3) is 0 Å². The Morgan fingerprint density at radius 2 is 1.96 bits per heavy atom. The molecule has 0 unspecified atom stereocenters. The normalized spacial score (nSPS) is 21.5. The van der Waals surface area contributed by atoms with E-state index < -0.39 is 5.97 Å². The van der Waals surface area contributed by atoms with Gasteiger partial charge in [0.1, 0.15) is 0 Å². The zero-order valence-corrected chi connectivity index (χ0v) is 13.5. The number of rotatable bonds is 3. The first-order chi connectivity index (χ1) is 11.7. The van der Waals surface area contributed by atoms with Gasteiger partial charge in [0.2, 0.25) is 0 Å². The Kier molecular flexibility index (Phi) is 3.98. The van der Waals surface area contributed by atoms with Crippen LogP contribution in [0.4, 0.5) is 5.82 Å². The number of hydrogen-bond donors (Lipinski definition) is 1. The minimum atomic E-state index is -0.988. The van der Waals surface area contributed by atoms with Crippen LogP contribution in [-0.4, -0.2) is 53.4 Å². The van der Waals surface area contributed by atoms with Crippen LogP contribution in [0.1, 0.15) is 29.6 Å². The average Bonchev–Trinajstić information content (AvgIpc) is 3.18. The highest BCUT2D eigenvalue weighted by Crippen LogP contribution is 2.33. The first-order valence-electron chi connectivity index (χ1n) is 8.51. The first-order valence-corrected chi connectivity index (χ1v) is 8.51. The molecule has 6 heteroatoms. The van der Waals surface area contributed by atoms with Crippen molar-refractivity contribution in [2.24, 2.45) is 0 Å². The molecule has 2 aliphatic rings. The summed E-state index contributed by atoms with van der Waals surface area (Å²) in [7, 11) is 0. The summed E-state index contributed by atoms with van der Waals surface area (Å²) in [5.41, 5.74) is 0.915. The summed E-state index contributed by atoms with van der Waals surface area (Å²) in [5.74, 6) is -0.182. The van der Waals surface area contributed by atoms with Gasteiger partial charge in [0, 0.05) is 31.2 Å². The van der Waals surface area contributed by atoms with E-state index in [2.05, 4.69) is 15.0 Å². The Morgan fingerprint density at radius 1 is 1.17 bits per heavy atom. The van der Waals surface area contributed by atoms with Crippen LogP contribution >= 0.6 is 0 Å². The van der Waals surface area contributed by atoms with Gasteiger partial charge in [0.15, 0.2) is 17.1 Å². The topological polar surface area (TPSA) is 69.8 Å². The van der Waals surface area contributed by atoms with Crippen LogP contribution in [0, 0.1) is 0 Å². The number of carboxylic acid groups (broad SMARTS) is 1. The number of benzene rings is 1. The minimum absolute atomic E-state index is 0.174. The van der Waals surface area contributed by atoms with Crippen LogP contribution in [0.25, 0.3) is 11.3 Å². The number of aromatic carboxylic acids is 1. The van der Waals surface area contributed by atoms with E-state index in [1.165, 1.54) is 12.8 Å². The number of carbonyl (C=O) groups is 1. The standard InChI is InChI=1S/C18H21N3O3/c22-18(23)15-16(13-6-2-1-3-7-13)24-19-17(15)21-11-5-10-20-9-4-8-14(20)12-21/h1-3,6-7,14H,4-5,8-12H2,(H,22,23)/t14-/m0/s1. The molecule has 0 amide bonds. The number of carboxylic acids is 1. The summed E-state index contributed by atoms with van der Waals surface area (Å²) in [5, 5.41) is 13.9. The summed E-state index contributed by atoms with van der Waals surface area (Å²) >= 11 is 0. The number of aromatic nitrogens is 1. The smallest absolute Gasteiger partial charge is 0.343 e. The fourth-order valence-corrected chi connectivity index (χ4v) is 3.88. The van der Waals surface area contributed by atoms with Crippen molar-refractivity contribution in [3.63, 3.8) is 0 Å². The molecular formula is C18H21N3O3. The highest BCUT2D eigenvalue weighted by Gasteiger charge is 2.33. The van der Waals surface area contributed by atoms with Crippen molar-refractivity contribution in [1.82, 2.24) is 10.1 Å². The SMILES string of the molecule is O=C(O)c1c(N2CCCN3CCC[C@H]3C2)noc1-c1ccccc1. The van der Waals surface area contributed by atoms with Crippen molar-refractivity contribution >= 4 is 11.8 Å². The molecule has 126 valence electrons. The monoisotopic (exact) mass is 327 g/mol. The van der Waals surface area contributed by atoms with E-state index in [4.69, 9.17) is 4.52 Å². The van der Waals surface area contributed by atoms with Gasteiger partial charge in [-0.15, -0.1) is 0 Å². The quantitative estimate of drug-likeness (QED) is 0.935. The van der Waals surface area contributed by atoms with Crippen LogP contribution in [0.5, 0.6) is 0 Å². The van der Waals surface area contributed by atoms with E-state index in [-0.39, 0.29) is 5.56 Å². The Morgan fingerprint density at radius 3 is 2.75 bits per heavy atom. The zero-order chi connectivity index (χ0) is 16.5. The highest BCUT2D eigenvalue weighted by atomic mass is 16.5. The van der Waals surface area contributed by atoms with Gasteiger partial charge in [0.05, 0.1) is 0 Å². The van der Waals surface area contributed by atoms with Crippen molar-refractivity contribution < 1.29 is 14.4 Å². The lowest BCUT2D eigenvalue weighted by Crippen LogP contribution is -2.37. The molecule has 2 aliphatic heterocycles. The molecule has 0 spiro atoms. The van der Waals surface area contributed by atoms with Crippen LogP contribution in [0.15, 0.2) is 34.9 Å². The van der Waals surface area contributed by atoms with Crippen LogP contribution in [0.3, 0.4) is 0 Å². The lowest BCUT2D eigenvalue weighted by atomic mass is 10.1. The maximum absolute atomic E-state index is 11.9. The van der Waals surface area contributed by atoms with E-state index in [1.807, 2.05) is 30.3 Å². The molecule has 1 N–H and O–H groups in total. The molecule has 0 aliphatic carbocycles. The van der Waals surface area contributed by atoms with Crippen LogP contribution in [-0.2, 0) is 0 Å². The Balaban J connectivity index is 1.70. The third-order valence-electron chi connectivity index (χ3n) is 5.03. The van der Waals surface area contributed by atoms with E-state index in [0.717, 1.165) is 38.2 Å². The largest absolute Gasteiger partial charge is 0.477 e. The van der Waals surface area contributed by atoms with Crippen molar-refractivity contribution in [3.05, 3.63) is 35.9 Å². The van der Waals surface area contributed by atoms with Crippen molar-refractivity contribution in [2.75, 3.05) is 31.1 Å². The molecule has 0 radical (unpaired) electrons. The van der Waals surface area contributed by atoms with E-state index in [9.17, 15) is 9.90 Å². The van der Waals surface area contributed by atoms with Crippen LogP contribution in [0.2, 0.25) is 0 Å². The molecule has 0 saturated carbocycles. The van der Waals surface area contributed by atoms with Crippen molar-refractivity contribution in [3.8, 4) is 11.3 Å². The van der Waals surface area contributed by atoms with E-state index in [0.29, 0.717) is 17.6 Å². The molecular weight excluding hydrogens is 306 g/mol. The molecule has 0 bridgehead atoms. The lowest BCUT2D eigenvalue weighted by Gasteiger charge is -2.25. The van der Waals surface area contributed by atoms with Gasteiger partial charge >= 0.3 is 5.97 Å². The maximum Gasteiger partial charge on any atom is 0.343 e. The second-order valence-electron chi connectivity index (χ2n) is 6.51. The third kappa shape index (κ3) is 2.67. The fourth-order valence-electron chi connectivity index (χ4n) is 3.88. The summed E-state index contributed by atoms with van der Waals surface area (Å²) in [6.45, 7) is 3.86. The highest BCUT2D eigenvalue weighted by molar-refractivity contribution is 5.99. The third-order valence-corrected chi connectivity index (χ3v) is 5.03. The molecule has 3 heterocycles. The number of nitrogens with zero attached hydrogens (tertiary/aromatic N) is 3. The molecule has 4 rings (SSSR count). The molecule has 1 aromatic carbocycles. The van der Waals surface area contributed by atoms with Crippen molar-refractivity contribution in [2.45, 2.75) is 25.3 Å².